The first kappa shape index (κ1) is 17.0. The van der Waals surface area contributed by atoms with Gasteiger partial charge in [0, 0.05) is 6.54 Å². The lowest BCUT2D eigenvalue weighted by molar-refractivity contribution is -0.120. The van der Waals surface area contributed by atoms with Crippen LogP contribution in [0.3, 0.4) is 0 Å². The molecule has 2 N–H and O–H groups in total. The number of carbonyl (C=O) groups is 1. The summed E-state index contributed by atoms with van der Waals surface area (Å²) in [6, 6.07) is 4.04. The van der Waals surface area contributed by atoms with E-state index in [1.165, 1.54) is 19.3 Å². The quantitative estimate of drug-likeness (QED) is 0.837. The van der Waals surface area contributed by atoms with Crippen molar-refractivity contribution in [1.29, 1.82) is 0 Å². The second-order valence-corrected chi connectivity index (χ2v) is 4.96. The number of piperidine rings is 1. The SMILES string of the molecule is CNCC(=O)NCC(c1ccco1)N1CCCCC1.Cl. The number of rotatable bonds is 6. The number of hydrogen-bond donors (Lipinski definition) is 2. The fraction of sp³-hybridized carbons (Fsp3) is 0.643. The molecule has 0 saturated carbocycles. The molecule has 1 aromatic heterocycles. The summed E-state index contributed by atoms with van der Waals surface area (Å²) in [6.45, 7) is 3.11. The van der Waals surface area contributed by atoms with Crippen LogP contribution in [0.4, 0.5) is 0 Å². The van der Waals surface area contributed by atoms with Crippen molar-refractivity contribution in [1.82, 2.24) is 15.5 Å². The fourth-order valence-electron chi connectivity index (χ4n) is 2.55. The molecule has 0 bridgehead atoms. The van der Waals surface area contributed by atoms with Crippen LogP contribution >= 0.6 is 12.4 Å². The van der Waals surface area contributed by atoms with E-state index in [1.54, 1.807) is 13.3 Å². The van der Waals surface area contributed by atoms with E-state index in [0.717, 1.165) is 18.8 Å². The zero-order chi connectivity index (χ0) is 13.5. The van der Waals surface area contributed by atoms with E-state index in [2.05, 4.69) is 15.5 Å². The van der Waals surface area contributed by atoms with E-state index in [9.17, 15) is 4.79 Å². The summed E-state index contributed by atoms with van der Waals surface area (Å²) in [5.74, 6) is 0.961. The summed E-state index contributed by atoms with van der Waals surface area (Å²) in [5.41, 5.74) is 0. The highest BCUT2D eigenvalue weighted by Crippen LogP contribution is 2.24. The van der Waals surface area contributed by atoms with Gasteiger partial charge < -0.3 is 15.1 Å². The van der Waals surface area contributed by atoms with Crippen LogP contribution in [-0.2, 0) is 4.79 Å². The molecular weight excluding hydrogens is 278 g/mol. The first-order chi connectivity index (χ1) is 9.31. The van der Waals surface area contributed by atoms with Crippen molar-refractivity contribution < 1.29 is 9.21 Å². The van der Waals surface area contributed by atoms with Crippen LogP contribution in [0.2, 0.25) is 0 Å². The van der Waals surface area contributed by atoms with Crippen molar-refractivity contribution in [2.24, 2.45) is 0 Å². The topological polar surface area (TPSA) is 57.5 Å². The Bertz CT molecular complexity index is 378. The molecule has 0 radical (unpaired) electrons. The molecule has 0 aliphatic carbocycles. The third-order valence-corrected chi connectivity index (χ3v) is 3.53. The normalized spacial score (nSPS) is 17.2. The maximum absolute atomic E-state index is 11.6. The maximum Gasteiger partial charge on any atom is 0.234 e. The molecule has 2 rings (SSSR count). The Labute approximate surface area is 126 Å². The fourth-order valence-corrected chi connectivity index (χ4v) is 2.55. The van der Waals surface area contributed by atoms with Crippen LogP contribution in [0.5, 0.6) is 0 Å². The number of halogens is 1. The molecule has 1 fully saturated rings. The molecule has 1 amide bonds. The van der Waals surface area contributed by atoms with Gasteiger partial charge in [0.15, 0.2) is 0 Å². The molecule has 5 nitrogen and oxygen atoms in total. The van der Waals surface area contributed by atoms with E-state index in [1.807, 2.05) is 12.1 Å². The van der Waals surface area contributed by atoms with E-state index in [-0.39, 0.29) is 24.4 Å². The average Bonchev–Trinajstić information content (AvgIpc) is 2.94. The Morgan fingerprint density at radius 2 is 2.15 bits per heavy atom. The lowest BCUT2D eigenvalue weighted by atomic mass is 10.1. The van der Waals surface area contributed by atoms with Crippen molar-refractivity contribution in [2.75, 3.05) is 33.2 Å². The highest BCUT2D eigenvalue weighted by molar-refractivity contribution is 5.85. The Morgan fingerprint density at radius 1 is 1.40 bits per heavy atom. The van der Waals surface area contributed by atoms with Gasteiger partial charge >= 0.3 is 0 Å². The molecule has 20 heavy (non-hydrogen) atoms. The summed E-state index contributed by atoms with van der Waals surface area (Å²) >= 11 is 0. The smallest absolute Gasteiger partial charge is 0.234 e. The first-order valence-electron chi connectivity index (χ1n) is 7.00. The molecule has 1 aromatic rings. The molecule has 1 aliphatic rings. The van der Waals surface area contributed by atoms with E-state index in [4.69, 9.17) is 4.42 Å². The van der Waals surface area contributed by atoms with Gasteiger partial charge in [0.05, 0.1) is 18.8 Å². The van der Waals surface area contributed by atoms with Crippen LogP contribution in [0, 0.1) is 0 Å². The molecule has 0 aromatic carbocycles. The zero-order valence-corrected chi connectivity index (χ0v) is 12.7. The lowest BCUT2D eigenvalue weighted by Gasteiger charge is -2.33. The molecule has 1 unspecified atom stereocenters. The Kier molecular flexibility index (Phi) is 7.65. The predicted molar refractivity (Wildman–Crippen MR) is 81.1 cm³/mol. The van der Waals surface area contributed by atoms with Crippen LogP contribution in [-0.4, -0.2) is 44.0 Å². The molecule has 0 spiro atoms. The van der Waals surface area contributed by atoms with Crippen molar-refractivity contribution >= 4 is 18.3 Å². The van der Waals surface area contributed by atoms with Crippen LogP contribution in [0.15, 0.2) is 22.8 Å². The minimum absolute atomic E-state index is 0. The van der Waals surface area contributed by atoms with Crippen LogP contribution < -0.4 is 10.6 Å². The monoisotopic (exact) mass is 301 g/mol. The summed E-state index contributed by atoms with van der Waals surface area (Å²) in [4.78, 5) is 14.0. The van der Waals surface area contributed by atoms with E-state index >= 15 is 0 Å². The predicted octanol–water partition coefficient (Wildman–Crippen LogP) is 1.56. The number of amides is 1. The van der Waals surface area contributed by atoms with Gasteiger partial charge in [0.1, 0.15) is 5.76 Å². The van der Waals surface area contributed by atoms with E-state index in [0.29, 0.717) is 13.1 Å². The number of nitrogens with one attached hydrogen (secondary N) is 2. The lowest BCUT2D eigenvalue weighted by Crippen LogP contribution is -2.42. The highest BCUT2D eigenvalue weighted by atomic mass is 35.5. The van der Waals surface area contributed by atoms with Gasteiger partial charge in [-0.3, -0.25) is 9.69 Å². The van der Waals surface area contributed by atoms with Crippen molar-refractivity contribution in [3.63, 3.8) is 0 Å². The first-order valence-corrected chi connectivity index (χ1v) is 7.00. The Hall–Kier alpha value is -1.04. The van der Waals surface area contributed by atoms with E-state index < -0.39 is 0 Å². The molecule has 2 heterocycles. The molecule has 6 heteroatoms. The number of hydrogen-bond acceptors (Lipinski definition) is 4. The molecule has 114 valence electrons. The molecule has 1 atom stereocenters. The number of furan rings is 1. The number of nitrogens with zero attached hydrogens (tertiary/aromatic N) is 1. The van der Waals surface area contributed by atoms with Gasteiger partial charge in [-0.1, -0.05) is 6.42 Å². The summed E-state index contributed by atoms with van der Waals surface area (Å²) < 4.78 is 5.53. The highest BCUT2D eigenvalue weighted by Gasteiger charge is 2.24. The second-order valence-electron chi connectivity index (χ2n) is 4.96. The van der Waals surface area contributed by atoms with Crippen molar-refractivity contribution in [3.05, 3.63) is 24.2 Å². The van der Waals surface area contributed by atoms with Crippen LogP contribution in [0.25, 0.3) is 0 Å². The number of likely N-dealkylation sites (tertiary alicyclic amines) is 1. The number of likely N-dealkylation sites (N-methyl/N-ethyl adjacent to an activating group) is 1. The van der Waals surface area contributed by atoms with Gasteiger partial charge in [-0.05, 0) is 45.1 Å². The van der Waals surface area contributed by atoms with Gasteiger partial charge in [0.25, 0.3) is 0 Å². The summed E-state index contributed by atoms with van der Waals surface area (Å²) in [7, 11) is 1.77. The average molecular weight is 302 g/mol. The minimum Gasteiger partial charge on any atom is -0.468 e. The number of carbonyl (C=O) groups excluding carboxylic acids is 1. The summed E-state index contributed by atoms with van der Waals surface area (Å²) in [5, 5.41) is 5.82. The third kappa shape index (κ3) is 4.81. The second kappa shape index (κ2) is 9.00. The minimum atomic E-state index is 0. The van der Waals surface area contributed by atoms with Gasteiger partial charge in [0.2, 0.25) is 5.91 Å². The molecular formula is C14H24ClN3O2. The largest absolute Gasteiger partial charge is 0.468 e. The Morgan fingerprint density at radius 3 is 2.75 bits per heavy atom. The maximum atomic E-state index is 11.6. The van der Waals surface area contributed by atoms with Crippen molar-refractivity contribution in [2.45, 2.75) is 25.3 Å². The molecule has 1 aliphatic heterocycles. The third-order valence-electron chi connectivity index (χ3n) is 3.53. The van der Waals surface area contributed by atoms with Crippen LogP contribution in [0.1, 0.15) is 31.1 Å². The van der Waals surface area contributed by atoms with Crippen molar-refractivity contribution in [3.8, 4) is 0 Å². The van der Waals surface area contributed by atoms with Gasteiger partial charge in [-0.2, -0.15) is 0 Å². The van der Waals surface area contributed by atoms with Gasteiger partial charge in [-0.15, -0.1) is 12.4 Å². The summed E-state index contributed by atoms with van der Waals surface area (Å²) in [6.07, 6.45) is 5.44. The van der Waals surface area contributed by atoms with Gasteiger partial charge in [-0.25, -0.2) is 0 Å². The Balaban J connectivity index is 0.00000200. The zero-order valence-electron chi connectivity index (χ0n) is 11.9. The molecule has 1 saturated heterocycles. The standard InChI is InChI=1S/C14H23N3O2.ClH/c1-15-11-14(18)16-10-12(13-6-5-9-19-13)17-7-3-2-4-8-17;/h5-6,9,12,15H,2-4,7-8,10-11H2,1H3,(H,16,18);1H.